The van der Waals surface area contributed by atoms with Gasteiger partial charge >= 0.3 is 6.09 Å². The summed E-state index contributed by atoms with van der Waals surface area (Å²) in [5, 5.41) is 9.35. The highest BCUT2D eigenvalue weighted by atomic mass is 32.2. The van der Waals surface area contributed by atoms with E-state index in [-0.39, 0.29) is 55.4 Å². The second kappa shape index (κ2) is 8.76. The van der Waals surface area contributed by atoms with Gasteiger partial charge in [-0.3, -0.25) is 4.31 Å². The number of halogens is 2. The lowest BCUT2D eigenvalue weighted by atomic mass is 10.0. The first-order chi connectivity index (χ1) is 16.6. The SMILES string of the molecule is Cc1ccn2c(CC3CN(C(=O)O)CCO3)c(-c3c(F)cc(N4CCCS4(=O)=O)cc3F)nc2c1. The van der Waals surface area contributed by atoms with Crippen molar-refractivity contribution in [2.75, 3.05) is 36.3 Å². The van der Waals surface area contributed by atoms with Crippen LogP contribution in [0.5, 0.6) is 0 Å². The number of aryl methyl sites for hydroxylation is 1. The molecule has 2 saturated heterocycles. The molecule has 186 valence electrons. The monoisotopic (exact) mass is 506 g/mol. The number of fused-ring (bicyclic) bond motifs is 1. The number of anilines is 1. The standard InChI is InChI=1S/C23H24F2N4O5S/c1-14-3-5-28-19(12-16-13-27(23(30)31)6-7-34-16)22(26-20(28)9-14)21-17(24)10-15(11-18(21)25)29-4-2-8-35(29,32)33/h3,5,9-11,16H,2,4,6-8,12-13H2,1H3,(H,30,31). The predicted molar refractivity (Wildman–Crippen MR) is 124 cm³/mol. The van der Waals surface area contributed by atoms with Crippen molar-refractivity contribution < 1.29 is 31.8 Å². The van der Waals surface area contributed by atoms with E-state index in [2.05, 4.69) is 4.98 Å². The summed E-state index contributed by atoms with van der Waals surface area (Å²) in [6, 6.07) is 5.65. The summed E-state index contributed by atoms with van der Waals surface area (Å²) in [5.41, 5.74) is 1.49. The van der Waals surface area contributed by atoms with Gasteiger partial charge in [0.2, 0.25) is 10.0 Å². The predicted octanol–water partition coefficient (Wildman–Crippen LogP) is 3.05. The largest absolute Gasteiger partial charge is 0.465 e. The Balaban J connectivity index is 1.59. The lowest BCUT2D eigenvalue weighted by molar-refractivity contribution is -0.0214. The first-order valence-electron chi connectivity index (χ1n) is 11.2. The number of amides is 1. The molecule has 0 bridgehead atoms. The third-order valence-corrected chi connectivity index (χ3v) is 8.23. The third kappa shape index (κ3) is 4.31. The number of rotatable bonds is 4. The van der Waals surface area contributed by atoms with Gasteiger partial charge in [0.05, 0.1) is 47.6 Å². The number of benzene rings is 1. The maximum atomic E-state index is 15.4. The van der Waals surface area contributed by atoms with E-state index >= 15 is 8.78 Å². The van der Waals surface area contributed by atoms with E-state index in [0.717, 1.165) is 22.0 Å². The van der Waals surface area contributed by atoms with Crippen LogP contribution in [0, 0.1) is 18.6 Å². The highest BCUT2D eigenvalue weighted by molar-refractivity contribution is 7.93. The minimum Gasteiger partial charge on any atom is -0.465 e. The molecule has 35 heavy (non-hydrogen) atoms. The zero-order valence-corrected chi connectivity index (χ0v) is 19.8. The average Bonchev–Trinajstić information content (AvgIpc) is 3.32. The lowest BCUT2D eigenvalue weighted by Gasteiger charge is -2.31. The molecular weight excluding hydrogens is 482 g/mol. The molecule has 0 aliphatic carbocycles. The smallest absolute Gasteiger partial charge is 0.407 e. The summed E-state index contributed by atoms with van der Waals surface area (Å²) in [5.74, 6) is -1.93. The van der Waals surface area contributed by atoms with E-state index in [9.17, 15) is 18.3 Å². The number of carbonyl (C=O) groups is 1. The van der Waals surface area contributed by atoms with Gasteiger partial charge in [-0.05, 0) is 43.2 Å². The molecule has 0 radical (unpaired) electrons. The van der Waals surface area contributed by atoms with E-state index in [1.807, 2.05) is 13.0 Å². The molecule has 1 aromatic carbocycles. The Morgan fingerprint density at radius 3 is 2.63 bits per heavy atom. The molecule has 0 spiro atoms. The van der Waals surface area contributed by atoms with Crippen LogP contribution in [0.3, 0.4) is 0 Å². The van der Waals surface area contributed by atoms with Crippen LogP contribution in [0.2, 0.25) is 0 Å². The number of ether oxygens (including phenoxy) is 1. The molecule has 9 nitrogen and oxygen atoms in total. The van der Waals surface area contributed by atoms with Gasteiger partial charge in [0, 0.05) is 25.7 Å². The van der Waals surface area contributed by atoms with Crippen LogP contribution in [0.1, 0.15) is 17.7 Å². The van der Waals surface area contributed by atoms with Crippen molar-refractivity contribution in [3.8, 4) is 11.3 Å². The number of carboxylic acid groups (broad SMARTS) is 1. The van der Waals surface area contributed by atoms with Crippen molar-refractivity contribution in [1.29, 1.82) is 0 Å². The second-order valence-corrected chi connectivity index (χ2v) is 10.8. The Morgan fingerprint density at radius 2 is 1.97 bits per heavy atom. The fourth-order valence-corrected chi connectivity index (χ4v) is 6.23. The summed E-state index contributed by atoms with van der Waals surface area (Å²) in [6.45, 7) is 2.61. The lowest BCUT2D eigenvalue weighted by Crippen LogP contribution is -2.45. The first kappa shape index (κ1) is 23.5. The van der Waals surface area contributed by atoms with Crippen LogP contribution >= 0.6 is 0 Å². The quantitative estimate of drug-likeness (QED) is 0.583. The van der Waals surface area contributed by atoms with Crippen LogP contribution in [-0.2, 0) is 21.2 Å². The van der Waals surface area contributed by atoms with Crippen LogP contribution in [0.25, 0.3) is 16.9 Å². The molecule has 2 fully saturated rings. The molecule has 12 heteroatoms. The minimum absolute atomic E-state index is 0.0601. The fourth-order valence-electron chi connectivity index (χ4n) is 4.68. The molecule has 1 amide bonds. The van der Waals surface area contributed by atoms with Crippen molar-refractivity contribution in [1.82, 2.24) is 14.3 Å². The maximum absolute atomic E-state index is 15.4. The molecule has 1 N–H and O–H groups in total. The highest BCUT2D eigenvalue weighted by Crippen LogP contribution is 2.35. The van der Waals surface area contributed by atoms with Crippen LogP contribution in [0.15, 0.2) is 30.5 Å². The van der Waals surface area contributed by atoms with Crippen molar-refractivity contribution in [3.05, 3.63) is 53.4 Å². The van der Waals surface area contributed by atoms with Gasteiger partial charge in [0.15, 0.2) is 0 Å². The topological polar surface area (TPSA) is 104 Å². The Labute approximate surface area is 200 Å². The number of morpholine rings is 1. The summed E-state index contributed by atoms with van der Waals surface area (Å²) in [6.07, 6.45) is 0.717. The van der Waals surface area contributed by atoms with Crippen molar-refractivity contribution in [3.63, 3.8) is 0 Å². The Bertz CT molecular complexity index is 1400. The van der Waals surface area contributed by atoms with Crippen LogP contribution < -0.4 is 4.31 Å². The third-order valence-electron chi connectivity index (χ3n) is 6.36. The van der Waals surface area contributed by atoms with E-state index in [0.29, 0.717) is 17.8 Å². The average molecular weight is 507 g/mol. The van der Waals surface area contributed by atoms with Gasteiger partial charge in [0.25, 0.3) is 0 Å². The maximum Gasteiger partial charge on any atom is 0.407 e. The molecule has 2 aromatic heterocycles. The summed E-state index contributed by atoms with van der Waals surface area (Å²) in [4.78, 5) is 17.2. The van der Waals surface area contributed by atoms with E-state index in [1.165, 1.54) is 4.90 Å². The molecule has 0 saturated carbocycles. The fraction of sp³-hybridized carbons (Fsp3) is 0.391. The number of pyridine rings is 1. The number of hydrogen-bond acceptors (Lipinski definition) is 5. The van der Waals surface area contributed by atoms with Gasteiger partial charge in [-0.15, -0.1) is 0 Å². The molecule has 3 aromatic rings. The highest BCUT2D eigenvalue weighted by Gasteiger charge is 2.32. The van der Waals surface area contributed by atoms with E-state index in [4.69, 9.17) is 4.74 Å². The molecular formula is C23H24F2N4O5S. The van der Waals surface area contributed by atoms with Crippen molar-refractivity contribution in [2.24, 2.45) is 0 Å². The molecule has 1 unspecified atom stereocenters. The van der Waals surface area contributed by atoms with Crippen LogP contribution in [-0.4, -0.2) is 72.0 Å². The number of imidazole rings is 1. The molecule has 1 atom stereocenters. The Morgan fingerprint density at radius 1 is 1.23 bits per heavy atom. The Hall–Kier alpha value is -3.25. The molecule has 2 aliphatic rings. The zero-order valence-electron chi connectivity index (χ0n) is 18.9. The summed E-state index contributed by atoms with van der Waals surface area (Å²) >= 11 is 0. The van der Waals surface area contributed by atoms with Crippen molar-refractivity contribution >= 4 is 27.5 Å². The van der Waals surface area contributed by atoms with Crippen LogP contribution in [0.4, 0.5) is 19.3 Å². The molecule has 4 heterocycles. The van der Waals surface area contributed by atoms with Gasteiger partial charge in [-0.1, -0.05) is 0 Å². The molecule has 2 aliphatic heterocycles. The zero-order chi connectivity index (χ0) is 24.9. The number of sulfonamides is 1. The normalized spacial score (nSPS) is 20.0. The van der Waals surface area contributed by atoms with Crippen molar-refractivity contribution in [2.45, 2.75) is 25.9 Å². The summed E-state index contributed by atoms with van der Waals surface area (Å²) in [7, 11) is -3.60. The second-order valence-electron chi connectivity index (χ2n) is 8.79. The Kier molecular flexibility index (Phi) is 5.88. The number of hydrogen-bond donors (Lipinski definition) is 1. The van der Waals surface area contributed by atoms with Gasteiger partial charge < -0.3 is 19.1 Å². The van der Waals surface area contributed by atoms with Gasteiger partial charge in [-0.25, -0.2) is 27.0 Å². The van der Waals surface area contributed by atoms with Gasteiger partial charge in [-0.2, -0.15) is 0 Å². The minimum atomic E-state index is -3.60. The summed E-state index contributed by atoms with van der Waals surface area (Å²) < 4.78 is 63.8. The molecule has 5 rings (SSSR count). The number of nitrogens with zero attached hydrogens (tertiary/aromatic N) is 4. The van der Waals surface area contributed by atoms with E-state index < -0.39 is 33.9 Å². The number of aromatic nitrogens is 2. The first-order valence-corrected chi connectivity index (χ1v) is 12.8. The van der Waals surface area contributed by atoms with Gasteiger partial charge in [0.1, 0.15) is 17.3 Å². The van der Waals surface area contributed by atoms with E-state index in [1.54, 1.807) is 16.7 Å².